The van der Waals surface area contributed by atoms with Crippen LogP contribution in [0.1, 0.15) is 30.4 Å². The minimum atomic E-state index is 0.0646. The lowest BCUT2D eigenvalue weighted by atomic mass is 10.2. The van der Waals surface area contributed by atoms with E-state index in [-0.39, 0.29) is 11.9 Å². The summed E-state index contributed by atoms with van der Waals surface area (Å²) in [5.41, 5.74) is 1.76. The maximum atomic E-state index is 12.9. The van der Waals surface area contributed by atoms with Gasteiger partial charge in [-0.1, -0.05) is 17.4 Å². The van der Waals surface area contributed by atoms with Crippen LogP contribution in [0.15, 0.2) is 35.4 Å². The minimum absolute atomic E-state index is 0.0646. The fraction of sp³-hybridized carbons (Fsp3) is 0.421. The molecule has 27 heavy (non-hydrogen) atoms. The molecule has 142 valence electrons. The van der Waals surface area contributed by atoms with Gasteiger partial charge in [-0.15, -0.1) is 11.8 Å². The molecule has 0 aliphatic carbocycles. The summed E-state index contributed by atoms with van der Waals surface area (Å²) in [5, 5.41) is 5.33. The molecule has 1 fully saturated rings. The van der Waals surface area contributed by atoms with Gasteiger partial charge in [-0.2, -0.15) is 5.10 Å². The highest BCUT2D eigenvalue weighted by atomic mass is 32.2. The van der Waals surface area contributed by atoms with Crippen molar-refractivity contribution in [3.63, 3.8) is 0 Å². The molecule has 6 nitrogen and oxygen atoms in total. The van der Waals surface area contributed by atoms with Crippen LogP contribution >= 0.6 is 23.1 Å². The average Bonchev–Trinajstić information content (AvgIpc) is 3.34. The summed E-state index contributed by atoms with van der Waals surface area (Å²) < 4.78 is 3.02. The molecule has 1 saturated heterocycles. The Hall–Kier alpha value is -2.06. The second kappa shape index (κ2) is 7.52. The molecule has 2 aromatic heterocycles. The van der Waals surface area contributed by atoms with Crippen LogP contribution in [-0.4, -0.2) is 58.0 Å². The van der Waals surface area contributed by atoms with E-state index in [1.165, 1.54) is 9.60 Å². The third-order valence-corrected chi connectivity index (χ3v) is 6.66. The highest BCUT2D eigenvalue weighted by molar-refractivity contribution is 7.98. The van der Waals surface area contributed by atoms with E-state index in [9.17, 15) is 4.79 Å². The zero-order chi connectivity index (χ0) is 19.0. The number of hydrogen-bond donors (Lipinski definition) is 0. The third-order valence-electron chi connectivity index (χ3n) is 4.81. The average molecular weight is 402 g/mol. The molecule has 0 radical (unpaired) electrons. The number of aromatic nitrogens is 3. The molecule has 3 aromatic rings. The predicted molar refractivity (Wildman–Crippen MR) is 112 cm³/mol. The first-order valence-electron chi connectivity index (χ1n) is 9.09. The molecule has 4 rings (SSSR count). The summed E-state index contributed by atoms with van der Waals surface area (Å²) >= 11 is 3.46. The van der Waals surface area contributed by atoms with Gasteiger partial charge in [-0.25, -0.2) is 4.98 Å². The first kappa shape index (κ1) is 18.3. The maximum absolute atomic E-state index is 12.9. The Kier molecular flexibility index (Phi) is 5.10. The van der Waals surface area contributed by atoms with Crippen LogP contribution in [0.2, 0.25) is 0 Å². The van der Waals surface area contributed by atoms with Gasteiger partial charge in [0.2, 0.25) is 0 Å². The summed E-state index contributed by atoms with van der Waals surface area (Å²) in [6.07, 6.45) is 3.79. The number of anilines is 1. The monoisotopic (exact) mass is 401 g/mol. The highest BCUT2D eigenvalue weighted by Gasteiger charge is 2.26. The van der Waals surface area contributed by atoms with Crippen LogP contribution in [0.5, 0.6) is 0 Å². The molecule has 0 bridgehead atoms. The van der Waals surface area contributed by atoms with Crippen molar-refractivity contribution < 1.29 is 4.79 Å². The number of benzene rings is 1. The number of hydrogen-bond acceptors (Lipinski definition) is 6. The number of carbonyl (C=O) groups excluding carboxylic acids is 1. The van der Waals surface area contributed by atoms with Crippen LogP contribution in [-0.2, 0) is 0 Å². The number of amides is 1. The van der Waals surface area contributed by atoms with Crippen molar-refractivity contribution in [2.75, 3.05) is 37.3 Å². The molecule has 0 unspecified atom stereocenters. The maximum Gasteiger partial charge on any atom is 0.272 e. The summed E-state index contributed by atoms with van der Waals surface area (Å²) in [4.78, 5) is 23.2. The zero-order valence-electron chi connectivity index (χ0n) is 15.8. The van der Waals surface area contributed by atoms with Gasteiger partial charge in [0.25, 0.3) is 5.91 Å². The molecule has 8 heteroatoms. The molecule has 0 atom stereocenters. The van der Waals surface area contributed by atoms with E-state index in [1.807, 2.05) is 24.8 Å². The summed E-state index contributed by atoms with van der Waals surface area (Å²) in [5.74, 6) is 0.0646. The summed E-state index contributed by atoms with van der Waals surface area (Å²) in [6.45, 7) is 7.09. The first-order chi connectivity index (χ1) is 13.1. The number of piperazine rings is 1. The highest BCUT2D eigenvalue weighted by Crippen LogP contribution is 2.34. The van der Waals surface area contributed by atoms with Crippen LogP contribution in [0.3, 0.4) is 0 Å². The second-order valence-corrected chi connectivity index (χ2v) is 8.69. The molecule has 0 N–H and O–H groups in total. The second-order valence-electron chi connectivity index (χ2n) is 6.84. The molecular formula is C19H23N5OS2. The van der Waals surface area contributed by atoms with Crippen LogP contribution < -0.4 is 4.90 Å². The quantitative estimate of drug-likeness (QED) is 0.623. The summed E-state index contributed by atoms with van der Waals surface area (Å²) in [7, 11) is 0. The Balaban J connectivity index is 1.47. The third kappa shape index (κ3) is 3.43. The van der Waals surface area contributed by atoms with E-state index in [1.54, 1.807) is 34.0 Å². The Bertz CT molecular complexity index is 956. The standard InChI is InChI=1S/C19H23N5OS2/c1-13(2)24-14(7-8-20-24)18(25)22-9-11-23(12-10-22)19-21-17-15(26-3)5-4-6-16(17)27-19/h4-8,13H,9-12H2,1-3H3. The number of fused-ring (bicyclic) bond motifs is 1. The van der Waals surface area contributed by atoms with Gasteiger partial charge in [-0.3, -0.25) is 9.48 Å². The molecule has 1 amide bonds. The molecule has 1 aromatic carbocycles. The van der Waals surface area contributed by atoms with E-state index < -0.39 is 0 Å². The smallest absolute Gasteiger partial charge is 0.272 e. The van der Waals surface area contributed by atoms with E-state index >= 15 is 0 Å². The van der Waals surface area contributed by atoms with Gasteiger partial charge in [0.1, 0.15) is 5.69 Å². The Morgan fingerprint density at radius 1 is 1.19 bits per heavy atom. The minimum Gasteiger partial charge on any atom is -0.345 e. The van der Waals surface area contributed by atoms with E-state index in [0.29, 0.717) is 18.8 Å². The van der Waals surface area contributed by atoms with Crippen molar-refractivity contribution >= 4 is 44.4 Å². The van der Waals surface area contributed by atoms with E-state index in [2.05, 4.69) is 34.5 Å². The van der Waals surface area contributed by atoms with Crippen LogP contribution in [0.4, 0.5) is 5.13 Å². The van der Waals surface area contributed by atoms with E-state index in [4.69, 9.17) is 4.98 Å². The van der Waals surface area contributed by atoms with Crippen molar-refractivity contribution in [1.29, 1.82) is 0 Å². The van der Waals surface area contributed by atoms with Crippen molar-refractivity contribution in [1.82, 2.24) is 19.7 Å². The molecule has 1 aliphatic heterocycles. The van der Waals surface area contributed by atoms with Crippen LogP contribution in [0, 0.1) is 0 Å². The van der Waals surface area contributed by atoms with Crippen molar-refractivity contribution in [2.24, 2.45) is 0 Å². The number of para-hydroxylation sites is 1. The predicted octanol–water partition coefficient (Wildman–Crippen LogP) is 3.76. The number of nitrogens with zero attached hydrogens (tertiary/aromatic N) is 5. The SMILES string of the molecule is CSc1cccc2sc(N3CCN(C(=O)c4ccnn4C(C)C)CC3)nc12. The van der Waals surface area contributed by atoms with Crippen molar-refractivity contribution in [3.05, 3.63) is 36.2 Å². The van der Waals surface area contributed by atoms with Crippen LogP contribution in [0.25, 0.3) is 10.2 Å². The van der Waals surface area contributed by atoms with Gasteiger partial charge in [0, 0.05) is 43.3 Å². The number of thioether (sulfide) groups is 1. The van der Waals surface area contributed by atoms with Gasteiger partial charge >= 0.3 is 0 Å². The van der Waals surface area contributed by atoms with Gasteiger partial charge in [-0.05, 0) is 38.3 Å². The molecule has 0 saturated carbocycles. The van der Waals surface area contributed by atoms with E-state index in [0.717, 1.165) is 23.7 Å². The van der Waals surface area contributed by atoms with Crippen molar-refractivity contribution in [2.45, 2.75) is 24.8 Å². The topological polar surface area (TPSA) is 54.3 Å². The largest absolute Gasteiger partial charge is 0.345 e. The Morgan fingerprint density at radius 3 is 2.67 bits per heavy atom. The fourth-order valence-corrected chi connectivity index (χ4v) is 5.04. The molecule has 1 aliphatic rings. The zero-order valence-corrected chi connectivity index (χ0v) is 17.4. The lowest BCUT2D eigenvalue weighted by Gasteiger charge is -2.34. The Morgan fingerprint density at radius 2 is 1.96 bits per heavy atom. The van der Waals surface area contributed by atoms with Gasteiger partial charge in [0.05, 0.1) is 10.2 Å². The van der Waals surface area contributed by atoms with Gasteiger partial charge < -0.3 is 9.80 Å². The number of thiazole rings is 1. The molecule has 3 heterocycles. The fourth-order valence-electron chi connectivity index (χ4n) is 3.37. The lowest BCUT2D eigenvalue weighted by Crippen LogP contribution is -2.49. The normalized spacial score (nSPS) is 15.1. The Labute approximate surface area is 167 Å². The lowest BCUT2D eigenvalue weighted by molar-refractivity contribution is 0.0732. The first-order valence-corrected chi connectivity index (χ1v) is 11.1. The molecule has 0 spiro atoms. The summed E-state index contributed by atoms with van der Waals surface area (Å²) in [6, 6.07) is 8.32. The van der Waals surface area contributed by atoms with Crippen molar-refractivity contribution in [3.8, 4) is 0 Å². The molecular weight excluding hydrogens is 378 g/mol. The van der Waals surface area contributed by atoms with Gasteiger partial charge in [0.15, 0.2) is 5.13 Å². The number of rotatable bonds is 4. The number of carbonyl (C=O) groups is 1.